The fraction of sp³-hybridized carbons (Fsp3) is 0.350. The van der Waals surface area contributed by atoms with Gasteiger partial charge in [-0.2, -0.15) is 0 Å². The molecule has 1 heterocycles. The van der Waals surface area contributed by atoms with Crippen LogP contribution in [0.25, 0.3) is 0 Å². The lowest BCUT2D eigenvalue weighted by molar-refractivity contribution is -0.892. The second kappa shape index (κ2) is 8.43. The number of quaternary nitrogens is 1. The van der Waals surface area contributed by atoms with E-state index in [9.17, 15) is 4.79 Å². The van der Waals surface area contributed by atoms with Crippen LogP contribution in [0.2, 0.25) is 5.02 Å². The van der Waals surface area contributed by atoms with Crippen molar-refractivity contribution in [2.75, 3.05) is 50.1 Å². The topological polar surface area (TPSA) is 46.0 Å². The molecule has 26 heavy (non-hydrogen) atoms. The monoisotopic (exact) mass is 374 g/mol. The molecule has 5 nitrogen and oxygen atoms in total. The van der Waals surface area contributed by atoms with Gasteiger partial charge in [0, 0.05) is 16.4 Å². The Morgan fingerprint density at radius 3 is 2.50 bits per heavy atom. The van der Waals surface area contributed by atoms with Crippen LogP contribution in [-0.2, 0) is 4.79 Å². The van der Waals surface area contributed by atoms with Gasteiger partial charge in [0.15, 0.2) is 6.54 Å². The summed E-state index contributed by atoms with van der Waals surface area (Å²) >= 11 is 6.23. The van der Waals surface area contributed by atoms with Crippen LogP contribution >= 0.6 is 11.6 Å². The number of nitrogens with zero attached hydrogens (tertiary/aromatic N) is 1. The van der Waals surface area contributed by atoms with E-state index >= 15 is 0 Å². The number of benzene rings is 2. The van der Waals surface area contributed by atoms with Gasteiger partial charge in [0.1, 0.15) is 5.75 Å². The third-order valence-corrected chi connectivity index (χ3v) is 5.18. The lowest BCUT2D eigenvalue weighted by Crippen LogP contribution is -3.15. The molecular weight excluding hydrogens is 350 g/mol. The zero-order chi connectivity index (χ0) is 18.5. The molecule has 0 aromatic heterocycles. The molecule has 0 atom stereocenters. The molecule has 1 fully saturated rings. The van der Waals surface area contributed by atoms with Crippen molar-refractivity contribution in [3.8, 4) is 5.75 Å². The summed E-state index contributed by atoms with van der Waals surface area (Å²) in [4.78, 5) is 15.9. The van der Waals surface area contributed by atoms with Crippen molar-refractivity contribution in [3.63, 3.8) is 0 Å². The molecule has 0 spiro atoms. The highest BCUT2D eigenvalue weighted by atomic mass is 35.5. The van der Waals surface area contributed by atoms with E-state index in [1.54, 1.807) is 7.11 Å². The normalized spacial score (nSPS) is 15.0. The van der Waals surface area contributed by atoms with Gasteiger partial charge in [-0.1, -0.05) is 17.7 Å². The second-order valence-corrected chi connectivity index (χ2v) is 7.03. The maximum atomic E-state index is 12.3. The molecule has 2 aromatic rings. The zero-order valence-electron chi connectivity index (χ0n) is 15.2. The smallest absolute Gasteiger partial charge is 0.279 e. The average Bonchev–Trinajstić information content (AvgIpc) is 2.65. The van der Waals surface area contributed by atoms with Gasteiger partial charge in [-0.3, -0.25) is 4.79 Å². The number of nitrogens with one attached hydrogen (secondary N) is 2. The Morgan fingerprint density at radius 1 is 1.19 bits per heavy atom. The molecule has 0 bridgehead atoms. The predicted molar refractivity (Wildman–Crippen MR) is 106 cm³/mol. The molecule has 2 aromatic carbocycles. The summed E-state index contributed by atoms with van der Waals surface area (Å²) in [6, 6.07) is 13.6. The van der Waals surface area contributed by atoms with Crippen molar-refractivity contribution in [1.82, 2.24) is 0 Å². The molecule has 0 saturated carbocycles. The number of hydrogen-bond donors (Lipinski definition) is 2. The van der Waals surface area contributed by atoms with E-state index in [0.29, 0.717) is 6.54 Å². The molecule has 138 valence electrons. The number of halogens is 1. The number of ether oxygens (including phenoxy) is 1. The Balaban J connectivity index is 1.48. The van der Waals surface area contributed by atoms with E-state index in [2.05, 4.69) is 22.3 Å². The summed E-state index contributed by atoms with van der Waals surface area (Å²) in [5.74, 6) is 0.818. The highest BCUT2D eigenvalue weighted by Crippen LogP contribution is 2.23. The summed E-state index contributed by atoms with van der Waals surface area (Å²) < 4.78 is 5.13. The van der Waals surface area contributed by atoms with E-state index in [1.807, 2.05) is 37.3 Å². The summed E-state index contributed by atoms with van der Waals surface area (Å²) in [7, 11) is 1.63. The second-order valence-electron chi connectivity index (χ2n) is 6.62. The van der Waals surface area contributed by atoms with E-state index in [-0.39, 0.29) is 5.91 Å². The number of aryl methyl sites for hydroxylation is 1. The summed E-state index contributed by atoms with van der Waals surface area (Å²) in [6.45, 7) is 6.20. The highest BCUT2D eigenvalue weighted by Gasteiger charge is 2.22. The maximum absolute atomic E-state index is 12.3. The molecular formula is C20H25ClN3O2+. The van der Waals surface area contributed by atoms with Crippen molar-refractivity contribution in [2.45, 2.75) is 6.92 Å². The molecule has 2 N–H and O–H groups in total. The van der Waals surface area contributed by atoms with E-state index in [0.717, 1.165) is 53.9 Å². The van der Waals surface area contributed by atoms with Gasteiger partial charge in [0.05, 0.1) is 33.3 Å². The van der Waals surface area contributed by atoms with Crippen molar-refractivity contribution in [2.24, 2.45) is 0 Å². The predicted octanol–water partition coefficient (Wildman–Crippen LogP) is 2.00. The fourth-order valence-corrected chi connectivity index (χ4v) is 3.32. The number of amides is 1. The van der Waals surface area contributed by atoms with Crippen LogP contribution in [0.4, 0.5) is 11.4 Å². The number of carbonyl (C=O) groups is 1. The number of methoxy groups -OCH3 is 1. The van der Waals surface area contributed by atoms with E-state index < -0.39 is 0 Å². The minimum Gasteiger partial charge on any atom is -0.497 e. The lowest BCUT2D eigenvalue weighted by atomic mass is 10.2. The first-order valence-electron chi connectivity index (χ1n) is 8.84. The number of piperazine rings is 1. The molecule has 0 radical (unpaired) electrons. The maximum Gasteiger partial charge on any atom is 0.279 e. The first kappa shape index (κ1) is 18.5. The van der Waals surface area contributed by atoms with Gasteiger partial charge in [-0.25, -0.2) is 0 Å². The Morgan fingerprint density at radius 2 is 1.88 bits per heavy atom. The molecule has 1 amide bonds. The molecule has 0 aliphatic carbocycles. The standard InChI is InChI=1S/C20H24ClN3O2/c1-15-3-6-17(13-19(15)21)24-11-9-23(10-12-24)14-20(25)22-16-4-7-18(26-2)8-5-16/h3-8,13H,9-12,14H2,1-2H3,(H,22,25)/p+1. The van der Waals surface area contributed by atoms with Crippen molar-refractivity contribution < 1.29 is 14.4 Å². The quantitative estimate of drug-likeness (QED) is 0.841. The first-order chi connectivity index (χ1) is 12.5. The lowest BCUT2D eigenvalue weighted by Gasteiger charge is -2.33. The number of rotatable bonds is 5. The number of hydrogen-bond acceptors (Lipinski definition) is 3. The fourth-order valence-electron chi connectivity index (χ4n) is 3.14. The Kier molecular flexibility index (Phi) is 6.01. The molecule has 1 aliphatic heterocycles. The van der Waals surface area contributed by atoms with Crippen LogP contribution in [0.3, 0.4) is 0 Å². The van der Waals surface area contributed by atoms with Crippen LogP contribution in [0.5, 0.6) is 5.75 Å². The highest BCUT2D eigenvalue weighted by molar-refractivity contribution is 6.31. The third kappa shape index (κ3) is 4.68. The van der Waals surface area contributed by atoms with Crippen LogP contribution in [-0.4, -0.2) is 45.7 Å². The van der Waals surface area contributed by atoms with Gasteiger partial charge >= 0.3 is 0 Å². The molecule has 3 rings (SSSR count). The van der Waals surface area contributed by atoms with Crippen molar-refractivity contribution >= 4 is 28.9 Å². The molecule has 0 unspecified atom stereocenters. The van der Waals surface area contributed by atoms with Gasteiger partial charge < -0.3 is 19.9 Å². The van der Waals surface area contributed by atoms with E-state index in [1.165, 1.54) is 4.90 Å². The summed E-state index contributed by atoms with van der Waals surface area (Å²) in [6.07, 6.45) is 0. The largest absolute Gasteiger partial charge is 0.497 e. The Labute approximate surface area is 159 Å². The molecule has 1 aliphatic rings. The number of anilines is 2. The summed E-state index contributed by atoms with van der Waals surface area (Å²) in [5.41, 5.74) is 3.04. The van der Waals surface area contributed by atoms with Gasteiger partial charge in [0.2, 0.25) is 0 Å². The van der Waals surface area contributed by atoms with Crippen LogP contribution < -0.4 is 19.9 Å². The van der Waals surface area contributed by atoms with E-state index in [4.69, 9.17) is 16.3 Å². The first-order valence-corrected chi connectivity index (χ1v) is 9.21. The van der Waals surface area contributed by atoms with Crippen LogP contribution in [0, 0.1) is 6.92 Å². The van der Waals surface area contributed by atoms with Gasteiger partial charge in [0.25, 0.3) is 5.91 Å². The van der Waals surface area contributed by atoms with Crippen molar-refractivity contribution in [3.05, 3.63) is 53.1 Å². The van der Waals surface area contributed by atoms with Crippen molar-refractivity contribution in [1.29, 1.82) is 0 Å². The molecule has 1 saturated heterocycles. The minimum atomic E-state index is 0.0389. The minimum absolute atomic E-state index is 0.0389. The van der Waals surface area contributed by atoms with Gasteiger partial charge in [-0.05, 0) is 48.9 Å². The average molecular weight is 375 g/mol. The zero-order valence-corrected chi connectivity index (χ0v) is 16.0. The Bertz CT molecular complexity index is 756. The Hall–Kier alpha value is -2.24. The van der Waals surface area contributed by atoms with Gasteiger partial charge in [-0.15, -0.1) is 0 Å². The van der Waals surface area contributed by atoms with Crippen LogP contribution in [0.15, 0.2) is 42.5 Å². The number of carbonyl (C=O) groups excluding carboxylic acids is 1. The van der Waals surface area contributed by atoms with Crippen LogP contribution in [0.1, 0.15) is 5.56 Å². The third-order valence-electron chi connectivity index (χ3n) is 4.78. The summed E-state index contributed by atoms with van der Waals surface area (Å²) in [5, 5.41) is 3.75. The SMILES string of the molecule is COc1ccc(NC(=O)C[NH+]2CCN(c3ccc(C)c(Cl)c3)CC2)cc1. The molecule has 6 heteroatoms.